The topological polar surface area (TPSA) is 55.8 Å². The van der Waals surface area contributed by atoms with Crippen LogP contribution in [-0.2, 0) is 4.79 Å². The molecular weight excluding hydrogens is 364 g/mol. The first-order chi connectivity index (χ1) is 13.0. The van der Waals surface area contributed by atoms with Crippen molar-refractivity contribution in [3.8, 4) is 17.2 Å². The fourth-order valence-corrected chi connectivity index (χ4v) is 2.60. The number of carboxylic acid groups (broad SMARTS) is 1. The van der Waals surface area contributed by atoms with Crippen LogP contribution in [0.1, 0.15) is 11.1 Å². The van der Waals surface area contributed by atoms with Crippen molar-refractivity contribution >= 4 is 29.2 Å². The van der Waals surface area contributed by atoms with Crippen LogP contribution < -0.4 is 9.47 Å². The largest absolute Gasteiger partial charge is 0.497 e. The van der Waals surface area contributed by atoms with Gasteiger partial charge in [-0.1, -0.05) is 35.9 Å². The third-order valence-electron chi connectivity index (χ3n) is 3.87. The van der Waals surface area contributed by atoms with E-state index in [0.29, 0.717) is 27.8 Å². The monoisotopic (exact) mass is 380 g/mol. The number of hydrogen-bond acceptors (Lipinski definition) is 3. The third kappa shape index (κ3) is 4.90. The summed E-state index contributed by atoms with van der Waals surface area (Å²) in [6.45, 7) is 0. The molecule has 3 aromatic carbocycles. The molecule has 0 heterocycles. The van der Waals surface area contributed by atoms with E-state index in [1.807, 2.05) is 0 Å². The highest BCUT2D eigenvalue weighted by atomic mass is 35.5. The maximum absolute atomic E-state index is 11.7. The molecule has 5 heteroatoms. The lowest BCUT2D eigenvalue weighted by Crippen LogP contribution is -1.99. The molecule has 0 fully saturated rings. The molecule has 0 saturated heterocycles. The minimum absolute atomic E-state index is 0.198. The van der Waals surface area contributed by atoms with E-state index in [1.165, 1.54) is 0 Å². The van der Waals surface area contributed by atoms with Crippen molar-refractivity contribution < 1.29 is 19.4 Å². The Morgan fingerprint density at radius 3 is 1.89 bits per heavy atom. The van der Waals surface area contributed by atoms with Crippen molar-refractivity contribution in [2.45, 2.75) is 0 Å². The summed E-state index contributed by atoms with van der Waals surface area (Å²) in [5.41, 5.74) is 1.56. The van der Waals surface area contributed by atoms with Crippen molar-refractivity contribution in [3.63, 3.8) is 0 Å². The second kappa shape index (κ2) is 8.43. The van der Waals surface area contributed by atoms with Gasteiger partial charge in [-0.15, -0.1) is 0 Å². The maximum atomic E-state index is 11.7. The molecule has 0 atom stereocenters. The lowest BCUT2D eigenvalue weighted by atomic mass is 10.0. The maximum Gasteiger partial charge on any atom is 0.336 e. The van der Waals surface area contributed by atoms with Crippen LogP contribution >= 0.6 is 11.6 Å². The van der Waals surface area contributed by atoms with Gasteiger partial charge in [0.25, 0.3) is 0 Å². The Bertz CT molecular complexity index is 943. The minimum atomic E-state index is -0.998. The highest BCUT2D eigenvalue weighted by Gasteiger charge is 2.11. The van der Waals surface area contributed by atoms with Crippen LogP contribution in [0.5, 0.6) is 17.2 Å². The van der Waals surface area contributed by atoms with E-state index in [9.17, 15) is 9.90 Å². The number of methoxy groups -OCH3 is 1. The van der Waals surface area contributed by atoms with Crippen molar-refractivity contribution in [3.05, 3.63) is 88.9 Å². The van der Waals surface area contributed by atoms with Gasteiger partial charge in [-0.25, -0.2) is 4.79 Å². The zero-order valence-corrected chi connectivity index (χ0v) is 15.3. The van der Waals surface area contributed by atoms with Crippen molar-refractivity contribution in [1.82, 2.24) is 0 Å². The van der Waals surface area contributed by atoms with E-state index >= 15 is 0 Å². The van der Waals surface area contributed by atoms with Gasteiger partial charge in [0.05, 0.1) is 12.7 Å². The van der Waals surface area contributed by atoms with Crippen LogP contribution in [0, 0.1) is 0 Å². The van der Waals surface area contributed by atoms with Gasteiger partial charge in [-0.3, -0.25) is 0 Å². The van der Waals surface area contributed by atoms with Crippen molar-refractivity contribution in [1.29, 1.82) is 0 Å². The molecule has 0 aliphatic carbocycles. The number of carboxylic acids is 1. The number of hydrogen-bond donors (Lipinski definition) is 1. The summed E-state index contributed by atoms with van der Waals surface area (Å²) < 4.78 is 10.8. The first-order valence-electron chi connectivity index (χ1n) is 8.18. The summed E-state index contributed by atoms with van der Waals surface area (Å²) in [4.78, 5) is 11.7. The predicted molar refractivity (Wildman–Crippen MR) is 106 cm³/mol. The molecule has 4 nitrogen and oxygen atoms in total. The smallest absolute Gasteiger partial charge is 0.336 e. The Morgan fingerprint density at radius 2 is 1.37 bits per heavy atom. The van der Waals surface area contributed by atoms with E-state index in [0.717, 1.165) is 5.56 Å². The van der Waals surface area contributed by atoms with E-state index in [1.54, 1.807) is 86.0 Å². The van der Waals surface area contributed by atoms with Crippen molar-refractivity contribution in [2.24, 2.45) is 0 Å². The lowest BCUT2D eigenvalue weighted by Gasteiger charge is -2.07. The zero-order chi connectivity index (χ0) is 19.2. The van der Waals surface area contributed by atoms with E-state index < -0.39 is 5.97 Å². The number of halogens is 1. The molecule has 0 unspecified atom stereocenters. The SMILES string of the molecule is COc1ccc(/C(=C\c2ccc(Oc3ccc(Cl)cc3)cc2)C(=O)O)cc1. The van der Waals surface area contributed by atoms with Crippen LogP contribution in [0.2, 0.25) is 5.02 Å². The molecule has 136 valence electrons. The van der Waals surface area contributed by atoms with E-state index in [-0.39, 0.29) is 5.57 Å². The summed E-state index contributed by atoms with van der Waals surface area (Å²) in [5.74, 6) is 0.997. The van der Waals surface area contributed by atoms with Gasteiger partial charge in [0.15, 0.2) is 0 Å². The van der Waals surface area contributed by atoms with Gasteiger partial charge in [0.2, 0.25) is 0 Å². The highest BCUT2D eigenvalue weighted by molar-refractivity contribution is 6.30. The highest BCUT2D eigenvalue weighted by Crippen LogP contribution is 2.25. The molecule has 0 bridgehead atoms. The second-order valence-corrected chi connectivity index (χ2v) is 6.15. The number of benzene rings is 3. The molecule has 27 heavy (non-hydrogen) atoms. The summed E-state index contributed by atoms with van der Waals surface area (Å²) >= 11 is 5.86. The number of rotatable bonds is 6. The molecule has 0 amide bonds. The van der Waals surface area contributed by atoms with Crippen LogP contribution in [0.15, 0.2) is 72.8 Å². The van der Waals surface area contributed by atoms with E-state index in [2.05, 4.69) is 0 Å². The Hall–Kier alpha value is -3.24. The Morgan fingerprint density at radius 1 is 0.852 bits per heavy atom. The molecule has 3 aromatic rings. The van der Waals surface area contributed by atoms with Crippen LogP contribution in [0.4, 0.5) is 0 Å². The van der Waals surface area contributed by atoms with Gasteiger partial charge in [0, 0.05) is 5.02 Å². The summed E-state index contributed by atoms with van der Waals surface area (Å²) in [7, 11) is 1.57. The fourth-order valence-electron chi connectivity index (χ4n) is 2.48. The van der Waals surface area contributed by atoms with Gasteiger partial charge in [-0.2, -0.15) is 0 Å². The molecule has 0 spiro atoms. The summed E-state index contributed by atoms with van der Waals surface area (Å²) in [6.07, 6.45) is 1.62. The number of ether oxygens (including phenoxy) is 2. The Balaban J connectivity index is 1.81. The normalized spacial score (nSPS) is 11.1. The molecule has 0 radical (unpaired) electrons. The molecule has 0 aliphatic rings. The van der Waals surface area contributed by atoms with Crippen LogP contribution in [-0.4, -0.2) is 18.2 Å². The second-order valence-electron chi connectivity index (χ2n) is 5.72. The molecule has 0 saturated carbocycles. The molecule has 0 aliphatic heterocycles. The zero-order valence-electron chi connectivity index (χ0n) is 14.6. The Labute approximate surface area is 162 Å². The van der Waals surface area contributed by atoms with Gasteiger partial charge < -0.3 is 14.6 Å². The predicted octanol–water partition coefficient (Wildman–Crippen LogP) is 5.77. The van der Waals surface area contributed by atoms with Gasteiger partial charge in [0.1, 0.15) is 17.2 Å². The standard InChI is InChI=1S/C22H17ClO4/c1-26-18-10-4-16(5-11-18)21(22(24)25)14-15-2-8-19(9-3-15)27-20-12-6-17(23)7-13-20/h2-14H,1H3,(H,24,25)/b21-14+. The average molecular weight is 381 g/mol. The van der Waals surface area contributed by atoms with Gasteiger partial charge in [-0.05, 0) is 65.7 Å². The third-order valence-corrected chi connectivity index (χ3v) is 4.12. The minimum Gasteiger partial charge on any atom is -0.497 e. The van der Waals surface area contributed by atoms with Crippen LogP contribution in [0.3, 0.4) is 0 Å². The van der Waals surface area contributed by atoms with Crippen molar-refractivity contribution in [2.75, 3.05) is 7.11 Å². The molecule has 1 N–H and O–H groups in total. The number of carbonyl (C=O) groups is 1. The van der Waals surface area contributed by atoms with Crippen LogP contribution in [0.25, 0.3) is 11.6 Å². The lowest BCUT2D eigenvalue weighted by molar-refractivity contribution is -0.130. The first-order valence-corrected chi connectivity index (χ1v) is 8.56. The summed E-state index contributed by atoms with van der Waals surface area (Å²) in [6, 6.07) is 21.1. The molecular formula is C22H17ClO4. The van der Waals surface area contributed by atoms with E-state index in [4.69, 9.17) is 21.1 Å². The molecule has 3 rings (SSSR count). The Kier molecular flexibility index (Phi) is 5.79. The average Bonchev–Trinajstić information content (AvgIpc) is 2.69. The summed E-state index contributed by atoms with van der Waals surface area (Å²) in [5, 5.41) is 10.2. The van der Waals surface area contributed by atoms with Gasteiger partial charge >= 0.3 is 5.97 Å². The quantitative estimate of drug-likeness (QED) is 0.436. The fraction of sp³-hybridized carbons (Fsp3) is 0.0455. The molecule has 0 aromatic heterocycles. The number of aliphatic carboxylic acids is 1. The first kappa shape index (κ1) is 18.5.